The fraction of sp³-hybridized carbons (Fsp3) is 0.444. The van der Waals surface area contributed by atoms with Gasteiger partial charge in [0.25, 0.3) is 0 Å². The average molecular weight is 364 g/mol. The molecular weight excluding hydrogens is 342 g/mol. The van der Waals surface area contributed by atoms with E-state index < -0.39 is 0 Å². The number of nitrogens with one attached hydrogen (secondary N) is 1. The van der Waals surface area contributed by atoms with E-state index in [2.05, 4.69) is 63.7 Å². The van der Waals surface area contributed by atoms with Crippen LogP contribution in [0.5, 0.6) is 0 Å². The maximum Gasteiger partial charge on any atom is 0.0701 e. The quantitative estimate of drug-likeness (QED) is 0.752. The van der Waals surface area contributed by atoms with Gasteiger partial charge in [-0.25, -0.2) is 0 Å². The van der Waals surface area contributed by atoms with Gasteiger partial charge in [-0.05, 0) is 58.8 Å². The summed E-state index contributed by atoms with van der Waals surface area (Å²) in [6.45, 7) is 1.08. The van der Waals surface area contributed by atoms with Crippen molar-refractivity contribution in [3.05, 3.63) is 56.7 Å². The van der Waals surface area contributed by atoms with Crippen molar-refractivity contribution in [2.45, 2.75) is 44.1 Å². The minimum atomic E-state index is 0.643. The average Bonchev–Trinajstić information content (AvgIpc) is 2.94. The largest absolute Gasteiger partial charge is 0.313 e. The van der Waals surface area contributed by atoms with Crippen molar-refractivity contribution in [1.29, 1.82) is 0 Å². The van der Waals surface area contributed by atoms with Gasteiger partial charge >= 0.3 is 0 Å². The zero-order valence-electron chi connectivity index (χ0n) is 12.2. The Bertz CT molecular complexity index is 551. The lowest BCUT2D eigenvalue weighted by Gasteiger charge is -2.32. The Hall–Kier alpha value is -0.640. The van der Waals surface area contributed by atoms with Crippen LogP contribution in [0.4, 0.5) is 0 Å². The third-order valence-corrected chi connectivity index (χ3v) is 6.08. The van der Waals surface area contributed by atoms with Gasteiger partial charge in [0.15, 0.2) is 0 Å². The zero-order chi connectivity index (χ0) is 14.5. The Morgan fingerprint density at radius 1 is 1.05 bits per heavy atom. The molecule has 0 radical (unpaired) electrons. The number of benzene rings is 1. The fourth-order valence-corrected chi connectivity index (χ4v) is 4.82. The van der Waals surface area contributed by atoms with Crippen LogP contribution in [0.15, 0.2) is 46.3 Å². The van der Waals surface area contributed by atoms with Gasteiger partial charge < -0.3 is 5.32 Å². The lowest BCUT2D eigenvalue weighted by Crippen LogP contribution is -2.38. The molecule has 2 atom stereocenters. The Kier molecular flexibility index (Phi) is 5.50. The van der Waals surface area contributed by atoms with Gasteiger partial charge in [-0.1, -0.05) is 43.2 Å². The number of hydrogen-bond donors (Lipinski definition) is 1. The minimum absolute atomic E-state index is 0.643. The first-order valence-corrected chi connectivity index (χ1v) is 9.46. The molecule has 1 saturated carbocycles. The van der Waals surface area contributed by atoms with Crippen LogP contribution in [-0.2, 0) is 6.42 Å². The van der Waals surface area contributed by atoms with Crippen molar-refractivity contribution >= 4 is 27.3 Å². The summed E-state index contributed by atoms with van der Waals surface area (Å²) in [7, 11) is 0. The topological polar surface area (TPSA) is 12.0 Å². The Labute approximate surface area is 139 Å². The predicted molar refractivity (Wildman–Crippen MR) is 95.2 cm³/mol. The Balaban J connectivity index is 1.57. The van der Waals surface area contributed by atoms with Crippen LogP contribution in [-0.4, -0.2) is 12.6 Å². The lowest BCUT2D eigenvalue weighted by atomic mass is 9.80. The summed E-state index contributed by atoms with van der Waals surface area (Å²) in [6, 6.07) is 16.1. The molecule has 0 aliphatic heterocycles. The molecule has 1 N–H and O–H groups in total. The van der Waals surface area contributed by atoms with Gasteiger partial charge in [-0.15, -0.1) is 11.3 Å². The van der Waals surface area contributed by atoms with Crippen molar-refractivity contribution in [2.75, 3.05) is 6.54 Å². The van der Waals surface area contributed by atoms with Crippen LogP contribution in [0.3, 0.4) is 0 Å². The summed E-state index contributed by atoms with van der Waals surface area (Å²) in [4.78, 5) is 1.46. The van der Waals surface area contributed by atoms with E-state index in [9.17, 15) is 0 Å². The lowest BCUT2D eigenvalue weighted by molar-refractivity contribution is 0.329. The second kappa shape index (κ2) is 7.57. The van der Waals surface area contributed by atoms with E-state index in [1.165, 1.54) is 39.9 Å². The van der Waals surface area contributed by atoms with Gasteiger partial charge in [0.1, 0.15) is 0 Å². The zero-order valence-corrected chi connectivity index (χ0v) is 14.6. The number of halogens is 1. The third kappa shape index (κ3) is 4.18. The molecule has 0 bridgehead atoms. The molecule has 2 aromatic rings. The highest BCUT2D eigenvalue weighted by Crippen LogP contribution is 2.33. The van der Waals surface area contributed by atoms with Crippen molar-refractivity contribution in [3.8, 4) is 0 Å². The maximum absolute atomic E-state index is 3.82. The van der Waals surface area contributed by atoms with Crippen molar-refractivity contribution in [1.82, 2.24) is 5.32 Å². The molecule has 0 saturated heterocycles. The molecule has 1 aliphatic rings. The predicted octanol–water partition coefficient (Wildman–Crippen LogP) is 5.37. The number of hydrogen-bond acceptors (Lipinski definition) is 2. The number of thiophene rings is 1. The van der Waals surface area contributed by atoms with Crippen LogP contribution < -0.4 is 5.32 Å². The molecule has 21 heavy (non-hydrogen) atoms. The van der Waals surface area contributed by atoms with E-state index in [4.69, 9.17) is 0 Å². The highest BCUT2D eigenvalue weighted by Gasteiger charge is 2.25. The van der Waals surface area contributed by atoms with Crippen LogP contribution in [0.25, 0.3) is 0 Å². The van der Waals surface area contributed by atoms with Gasteiger partial charge in [0, 0.05) is 17.5 Å². The molecular formula is C18H22BrNS. The molecule has 0 spiro atoms. The Morgan fingerprint density at radius 2 is 1.86 bits per heavy atom. The molecule has 112 valence electrons. The van der Waals surface area contributed by atoms with Gasteiger partial charge in [0.05, 0.1) is 3.79 Å². The van der Waals surface area contributed by atoms with Crippen molar-refractivity contribution in [2.24, 2.45) is 0 Å². The van der Waals surface area contributed by atoms with E-state index in [1.54, 1.807) is 0 Å². The molecule has 1 aliphatic carbocycles. The molecule has 1 nitrogen and oxygen atoms in total. The monoisotopic (exact) mass is 363 g/mol. The summed E-state index contributed by atoms with van der Waals surface area (Å²) in [5.74, 6) is 0.690. The maximum atomic E-state index is 3.82. The van der Waals surface area contributed by atoms with Crippen molar-refractivity contribution < 1.29 is 0 Å². The third-order valence-electron chi connectivity index (χ3n) is 4.40. The van der Waals surface area contributed by atoms with E-state index in [1.807, 2.05) is 11.3 Å². The van der Waals surface area contributed by atoms with Crippen molar-refractivity contribution in [3.63, 3.8) is 0 Å². The standard InChI is InChI=1S/C18H22BrNS/c19-18-11-10-15(21-18)12-13-20-17-9-5-4-8-16(17)14-6-2-1-3-7-14/h1-3,6-7,10-11,16-17,20H,4-5,8-9,12-13H2. The normalized spacial score (nSPS) is 22.3. The summed E-state index contributed by atoms with van der Waals surface area (Å²) in [6.07, 6.45) is 6.51. The summed E-state index contributed by atoms with van der Waals surface area (Å²) < 4.78 is 1.23. The molecule has 1 fully saturated rings. The smallest absolute Gasteiger partial charge is 0.0701 e. The fourth-order valence-electron chi connectivity index (χ4n) is 3.34. The van der Waals surface area contributed by atoms with Crippen LogP contribution in [0.2, 0.25) is 0 Å². The van der Waals surface area contributed by atoms with Gasteiger partial charge in [0.2, 0.25) is 0 Å². The molecule has 2 unspecified atom stereocenters. The van der Waals surface area contributed by atoms with Crippen LogP contribution in [0, 0.1) is 0 Å². The first-order chi connectivity index (χ1) is 10.3. The van der Waals surface area contributed by atoms with Crippen LogP contribution >= 0.6 is 27.3 Å². The molecule has 3 rings (SSSR count). The molecule has 1 heterocycles. The van der Waals surface area contributed by atoms with E-state index in [-0.39, 0.29) is 0 Å². The summed E-state index contributed by atoms with van der Waals surface area (Å²) in [5.41, 5.74) is 1.51. The first kappa shape index (κ1) is 15.3. The highest BCUT2D eigenvalue weighted by atomic mass is 79.9. The number of rotatable bonds is 5. The molecule has 3 heteroatoms. The summed E-state index contributed by atoms with van der Waals surface area (Å²) in [5, 5.41) is 3.82. The van der Waals surface area contributed by atoms with E-state index >= 15 is 0 Å². The van der Waals surface area contributed by atoms with Gasteiger partial charge in [-0.2, -0.15) is 0 Å². The molecule has 1 aromatic heterocycles. The first-order valence-electron chi connectivity index (χ1n) is 7.85. The molecule has 1 aromatic carbocycles. The second-order valence-electron chi connectivity index (χ2n) is 5.82. The second-order valence-corrected chi connectivity index (χ2v) is 8.37. The van der Waals surface area contributed by atoms with Crippen LogP contribution in [0.1, 0.15) is 42.0 Å². The Morgan fingerprint density at radius 3 is 2.62 bits per heavy atom. The van der Waals surface area contributed by atoms with E-state index in [0.717, 1.165) is 13.0 Å². The van der Waals surface area contributed by atoms with E-state index in [0.29, 0.717) is 12.0 Å². The SMILES string of the molecule is Brc1ccc(CCNC2CCCCC2c2ccccc2)s1. The van der Waals surface area contributed by atoms with Gasteiger partial charge in [-0.3, -0.25) is 0 Å². The minimum Gasteiger partial charge on any atom is -0.313 e. The highest BCUT2D eigenvalue weighted by molar-refractivity contribution is 9.11. The summed E-state index contributed by atoms with van der Waals surface area (Å²) >= 11 is 5.39. The molecule has 0 amide bonds.